The van der Waals surface area contributed by atoms with Crippen LogP contribution in [0.1, 0.15) is 31.4 Å². The van der Waals surface area contributed by atoms with Crippen molar-refractivity contribution in [1.29, 1.82) is 0 Å². The van der Waals surface area contributed by atoms with E-state index in [2.05, 4.69) is 10.3 Å². The maximum absolute atomic E-state index is 12.0. The Kier molecular flexibility index (Phi) is 4.56. The Hall–Kier alpha value is -1.39. The zero-order valence-electron chi connectivity index (χ0n) is 11.6. The third-order valence-electron chi connectivity index (χ3n) is 3.69. The first-order chi connectivity index (χ1) is 10.2. The minimum absolute atomic E-state index is 0.0739. The summed E-state index contributed by atoms with van der Waals surface area (Å²) in [5.74, 6) is 0.0739. The Morgan fingerprint density at radius 3 is 2.95 bits per heavy atom. The van der Waals surface area contributed by atoms with E-state index in [-0.39, 0.29) is 5.91 Å². The average Bonchev–Trinajstić information content (AvgIpc) is 3.10. The van der Waals surface area contributed by atoms with Gasteiger partial charge in [0.25, 0.3) is 0 Å². The second-order valence-electron chi connectivity index (χ2n) is 5.38. The number of carbonyl (C=O) groups excluding carboxylic acids is 1. The summed E-state index contributed by atoms with van der Waals surface area (Å²) < 4.78 is 0. The molecule has 0 atom stereocenters. The largest absolute Gasteiger partial charge is 0.353 e. The SMILES string of the molecule is O=C(Cc1csc(-c2cccc(Cl)c2)n1)NC1CCCC1. The molecule has 110 valence electrons. The van der Waals surface area contributed by atoms with Crippen molar-refractivity contribution in [2.75, 3.05) is 0 Å². The number of aromatic nitrogens is 1. The lowest BCUT2D eigenvalue weighted by atomic mass is 10.2. The molecule has 0 radical (unpaired) electrons. The van der Waals surface area contributed by atoms with E-state index in [9.17, 15) is 4.79 Å². The molecule has 1 aliphatic rings. The zero-order valence-corrected chi connectivity index (χ0v) is 13.2. The molecule has 0 unspecified atom stereocenters. The van der Waals surface area contributed by atoms with Crippen molar-refractivity contribution in [2.45, 2.75) is 38.1 Å². The van der Waals surface area contributed by atoms with Gasteiger partial charge in [-0.05, 0) is 25.0 Å². The van der Waals surface area contributed by atoms with Crippen LogP contribution in [0.4, 0.5) is 0 Å². The highest BCUT2D eigenvalue weighted by molar-refractivity contribution is 7.13. The second-order valence-corrected chi connectivity index (χ2v) is 6.67. The maximum atomic E-state index is 12.0. The van der Waals surface area contributed by atoms with Crippen LogP contribution < -0.4 is 5.32 Å². The monoisotopic (exact) mass is 320 g/mol. The summed E-state index contributed by atoms with van der Waals surface area (Å²) in [4.78, 5) is 16.5. The van der Waals surface area contributed by atoms with Crippen LogP contribution in [0, 0.1) is 0 Å². The van der Waals surface area contributed by atoms with Crippen LogP contribution in [0.3, 0.4) is 0 Å². The highest BCUT2D eigenvalue weighted by Crippen LogP contribution is 2.26. The van der Waals surface area contributed by atoms with E-state index in [1.165, 1.54) is 12.8 Å². The molecule has 1 aromatic carbocycles. The smallest absolute Gasteiger partial charge is 0.226 e. The quantitative estimate of drug-likeness (QED) is 0.922. The van der Waals surface area contributed by atoms with Crippen molar-refractivity contribution < 1.29 is 4.79 Å². The Morgan fingerprint density at radius 2 is 2.19 bits per heavy atom. The van der Waals surface area contributed by atoms with Crippen LogP contribution >= 0.6 is 22.9 Å². The molecule has 0 aliphatic heterocycles. The first-order valence-electron chi connectivity index (χ1n) is 7.20. The molecule has 1 heterocycles. The minimum Gasteiger partial charge on any atom is -0.353 e. The van der Waals surface area contributed by atoms with E-state index in [1.54, 1.807) is 11.3 Å². The molecule has 1 amide bonds. The van der Waals surface area contributed by atoms with Gasteiger partial charge in [-0.15, -0.1) is 11.3 Å². The maximum Gasteiger partial charge on any atom is 0.226 e. The summed E-state index contributed by atoms with van der Waals surface area (Å²) in [6.45, 7) is 0. The van der Waals surface area contributed by atoms with E-state index in [0.29, 0.717) is 17.5 Å². The summed E-state index contributed by atoms with van der Waals surface area (Å²) in [6.07, 6.45) is 5.02. The Balaban J connectivity index is 1.63. The molecule has 1 aliphatic carbocycles. The van der Waals surface area contributed by atoms with Gasteiger partial charge in [-0.3, -0.25) is 4.79 Å². The molecule has 5 heteroatoms. The number of hydrogen-bond acceptors (Lipinski definition) is 3. The fourth-order valence-corrected chi connectivity index (χ4v) is 3.66. The number of thiazole rings is 1. The molecular formula is C16H17ClN2OS. The van der Waals surface area contributed by atoms with Crippen LogP contribution in [0.25, 0.3) is 10.6 Å². The molecule has 3 rings (SSSR count). The van der Waals surface area contributed by atoms with Crippen LogP contribution in [-0.2, 0) is 11.2 Å². The first kappa shape index (κ1) is 14.5. The van der Waals surface area contributed by atoms with Crippen LogP contribution in [0.5, 0.6) is 0 Å². The predicted octanol–water partition coefficient (Wildman–Crippen LogP) is 4.06. The van der Waals surface area contributed by atoms with Gasteiger partial charge in [0, 0.05) is 22.0 Å². The molecular weight excluding hydrogens is 304 g/mol. The molecule has 1 saturated carbocycles. The fourth-order valence-electron chi connectivity index (χ4n) is 2.66. The van der Waals surface area contributed by atoms with E-state index in [0.717, 1.165) is 29.1 Å². The van der Waals surface area contributed by atoms with Crippen LogP contribution in [-0.4, -0.2) is 16.9 Å². The number of rotatable bonds is 4. The van der Waals surface area contributed by atoms with Crippen molar-refractivity contribution in [3.63, 3.8) is 0 Å². The molecule has 1 fully saturated rings. The molecule has 3 nitrogen and oxygen atoms in total. The summed E-state index contributed by atoms with van der Waals surface area (Å²) in [7, 11) is 0. The normalized spacial score (nSPS) is 15.3. The Morgan fingerprint density at radius 1 is 1.38 bits per heavy atom. The number of carbonyl (C=O) groups is 1. The van der Waals surface area contributed by atoms with Gasteiger partial charge < -0.3 is 5.32 Å². The third-order valence-corrected chi connectivity index (χ3v) is 4.86. The topological polar surface area (TPSA) is 42.0 Å². The summed E-state index contributed by atoms with van der Waals surface area (Å²) in [6, 6.07) is 7.99. The number of nitrogens with zero attached hydrogens (tertiary/aromatic N) is 1. The van der Waals surface area contributed by atoms with Crippen molar-refractivity contribution >= 4 is 28.8 Å². The molecule has 2 aromatic rings. The van der Waals surface area contributed by atoms with Gasteiger partial charge in [-0.25, -0.2) is 4.98 Å². The van der Waals surface area contributed by atoms with E-state index < -0.39 is 0 Å². The molecule has 0 spiro atoms. The average molecular weight is 321 g/mol. The van der Waals surface area contributed by atoms with Crippen molar-refractivity contribution in [3.8, 4) is 10.6 Å². The summed E-state index contributed by atoms with van der Waals surface area (Å²) >= 11 is 7.54. The zero-order chi connectivity index (χ0) is 14.7. The molecule has 1 aromatic heterocycles. The Bertz CT molecular complexity index is 635. The van der Waals surface area contributed by atoms with Crippen molar-refractivity contribution in [2.24, 2.45) is 0 Å². The number of halogens is 1. The van der Waals surface area contributed by atoms with E-state index >= 15 is 0 Å². The number of benzene rings is 1. The third kappa shape index (κ3) is 3.83. The van der Waals surface area contributed by atoms with Crippen molar-refractivity contribution in [1.82, 2.24) is 10.3 Å². The van der Waals surface area contributed by atoms with Gasteiger partial charge >= 0.3 is 0 Å². The summed E-state index contributed by atoms with van der Waals surface area (Å²) in [5.41, 5.74) is 1.82. The number of amides is 1. The minimum atomic E-state index is 0.0739. The number of nitrogens with one attached hydrogen (secondary N) is 1. The molecule has 1 N–H and O–H groups in total. The van der Waals surface area contributed by atoms with E-state index in [4.69, 9.17) is 11.6 Å². The number of hydrogen-bond donors (Lipinski definition) is 1. The molecule has 0 bridgehead atoms. The van der Waals surface area contributed by atoms with Gasteiger partial charge in [0.15, 0.2) is 0 Å². The Labute approximate surface area is 133 Å². The molecule has 0 saturated heterocycles. The van der Waals surface area contributed by atoms with E-state index in [1.807, 2.05) is 29.6 Å². The van der Waals surface area contributed by atoms with Gasteiger partial charge in [0.2, 0.25) is 5.91 Å². The molecule has 21 heavy (non-hydrogen) atoms. The lowest BCUT2D eigenvalue weighted by Gasteiger charge is -2.10. The van der Waals surface area contributed by atoms with Crippen LogP contribution in [0.2, 0.25) is 5.02 Å². The second kappa shape index (κ2) is 6.58. The fraction of sp³-hybridized carbons (Fsp3) is 0.375. The predicted molar refractivity (Wildman–Crippen MR) is 86.7 cm³/mol. The first-order valence-corrected chi connectivity index (χ1v) is 8.46. The standard InChI is InChI=1S/C16H17ClN2OS/c17-12-5-3-4-11(8-12)16-19-14(10-21-16)9-15(20)18-13-6-1-2-7-13/h3-5,8,10,13H,1-2,6-7,9H2,(H,18,20). The lowest BCUT2D eigenvalue weighted by Crippen LogP contribution is -2.33. The summed E-state index contributed by atoms with van der Waals surface area (Å²) in [5, 5.41) is 6.64. The van der Waals surface area contributed by atoms with Gasteiger partial charge in [-0.2, -0.15) is 0 Å². The van der Waals surface area contributed by atoms with Gasteiger partial charge in [0.1, 0.15) is 5.01 Å². The highest BCUT2D eigenvalue weighted by atomic mass is 35.5. The highest BCUT2D eigenvalue weighted by Gasteiger charge is 2.17. The van der Waals surface area contributed by atoms with Crippen molar-refractivity contribution in [3.05, 3.63) is 40.4 Å². The van der Waals surface area contributed by atoms with Gasteiger partial charge in [-0.1, -0.05) is 36.6 Å². The lowest BCUT2D eigenvalue weighted by molar-refractivity contribution is -0.121. The van der Waals surface area contributed by atoms with Crippen LogP contribution in [0.15, 0.2) is 29.6 Å². The van der Waals surface area contributed by atoms with Gasteiger partial charge in [0.05, 0.1) is 12.1 Å².